The third kappa shape index (κ3) is 4.19. The van der Waals surface area contributed by atoms with Crippen LogP contribution in [0.1, 0.15) is 23.6 Å². The molecule has 1 aromatic heterocycles. The number of aliphatic carboxylic acids is 1. The molecule has 0 fully saturated rings. The molecule has 1 atom stereocenters. The Kier molecular flexibility index (Phi) is 5.31. The van der Waals surface area contributed by atoms with Gasteiger partial charge in [0.1, 0.15) is 0 Å². The molecule has 0 radical (unpaired) electrons. The smallest absolute Gasteiger partial charge is 0.328 e. The minimum Gasteiger partial charge on any atom is -0.481 e. The molecule has 0 bridgehead atoms. The lowest BCUT2D eigenvalue weighted by Crippen LogP contribution is -2.37. The van der Waals surface area contributed by atoms with Gasteiger partial charge in [0.2, 0.25) is 5.91 Å². The summed E-state index contributed by atoms with van der Waals surface area (Å²) >= 11 is 0. The van der Waals surface area contributed by atoms with Gasteiger partial charge < -0.3 is 15.4 Å². The van der Waals surface area contributed by atoms with Gasteiger partial charge in [0, 0.05) is 18.8 Å². The van der Waals surface area contributed by atoms with E-state index in [9.17, 15) is 19.2 Å². The zero-order chi connectivity index (χ0) is 17.7. The van der Waals surface area contributed by atoms with E-state index in [-0.39, 0.29) is 18.4 Å². The molecule has 1 amide bonds. The number of nitrogens with one attached hydrogen (secondary N) is 2. The number of nitrogens with zero attached hydrogens (tertiary/aromatic N) is 1. The summed E-state index contributed by atoms with van der Waals surface area (Å²) in [6.07, 6.45) is 0.657. The maximum Gasteiger partial charge on any atom is 0.328 e. The molecule has 24 heavy (non-hydrogen) atoms. The first-order chi connectivity index (χ1) is 11.4. The lowest BCUT2D eigenvalue weighted by Gasteiger charge is -2.17. The van der Waals surface area contributed by atoms with Gasteiger partial charge in [0.25, 0.3) is 5.56 Å². The van der Waals surface area contributed by atoms with Crippen LogP contribution in [-0.4, -0.2) is 26.5 Å². The van der Waals surface area contributed by atoms with E-state index in [0.717, 1.165) is 4.57 Å². The van der Waals surface area contributed by atoms with Gasteiger partial charge in [-0.1, -0.05) is 30.3 Å². The molecule has 0 aliphatic rings. The predicted molar refractivity (Wildman–Crippen MR) is 85.6 cm³/mol. The third-order valence-electron chi connectivity index (χ3n) is 3.52. The molecule has 8 nitrogen and oxygen atoms in total. The molecule has 3 N–H and O–H groups in total. The van der Waals surface area contributed by atoms with Gasteiger partial charge in [-0.3, -0.25) is 19.0 Å². The fourth-order valence-corrected chi connectivity index (χ4v) is 2.27. The van der Waals surface area contributed by atoms with Crippen molar-refractivity contribution >= 4 is 11.9 Å². The normalized spacial score (nSPS) is 11.7. The van der Waals surface area contributed by atoms with Crippen molar-refractivity contribution in [3.63, 3.8) is 0 Å². The zero-order valence-electron chi connectivity index (χ0n) is 13.0. The number of hydrogen-bond acceptors (Lipinski definition) is 4. The number of amides is 1. The molecule has 8 heteroatoms. The van der Waals surface area contributed by atoms with Crippen LogP contribution in [0.3, 0.4) is 0 Å². The average Bonchev–Trinajstić information content (AvgIpc) is 2.55. The first-order valence-electron chi connectivity index (χ1n) is 7.22. The second-order valence-electron chi connectivity index (χ2n) is 5.29. The number of aromatic nitrogens is 2. The highest BCUT2D eigenvalue weighted by Gasteiger charge is 2.19. The van der Waals surface area contributed by atoms with E-state index in [1.54, 1.807) is 30.3 Å². The summed E-state index contributed by atoms with van der Waals surface area (Å²) < 4.78 is 0.870. The van der Waals surface area contributed by atoms with Crippen LogP contribution >= 0.6 is 0 Å². The molecule has 1 aromatic carbocycles. The van der Waals surface area contributed by atoms with Gasteiger partial charge in [0.05, 0.1) is 18.9 Å². The molecular weight excluding hydrogens is 314 g/mol. The van der Waals surface area contributed by atoms with Crippen molar-refractivity contribution in [1.29, 1.82) is 0 Å². The number of carbonyl (C=O) groups excluding carboxylic acids is 1. The number of carbonyl (C=O) groups is 2. The van der Waals surface area contributed by atoms with Crippen molar-refractivity contribution in [3.8, 4) is 0 Å². The second-order valence-corrected chi connectivity index (χ2v) is 5.29. The zero-order valence-corrected chi connectivity index (χ0v) is 13.0. The van der Waals surface area contributed by atoms with Crippen LogP contribution in [0.25, 0.3) is 0 Å². The standard InChI is InChI=1S/C16H17N3O5/c1-19-15(23)11(9-17-16(19)24)7-13(20)18-12(8-14(21)22)10-5-3-2-4-6-10/h2-6,9,12H,7-8H2,1H3,(H,17,24)(H,18,20)(H,21,22)/t12-/m1/s1. The van der Waals surface area contributed by atoms with Gasteiger partial charge >= 0.3 is 11.7 Å². The van der Waals surface area contributed by atoms with Crippen LogP contribution in [0.5, 0.6) is 0 Å². The Bertz CT molecular complexity index is 854. The summed E-state index contributed by atoms with van der Waals surface area (Å²) in [6, 6.07) is 8.00. The Balaban J connectivity index is 2.17. The van der Waals surface area contributed by atoms with Gasteiger partial charge in [-0.25, -0.2) is 4.79 Å². The van der Waals surface area contributed by atoms with Crippen LogP contribution < -0.4 is 16.6 Å². The third-order valence-corrected chi connectivity index (χ3v) is 3.52. The lowest BCUT2D eigenvalue weighted by atomic mass is 10.0. The minimum absolute atomic E-state index is 0.122. The Morgan fingerprint density at radius 2 is 1.92 bits per heavy atom. The van der Waals surface area contributed by atoms with Crippen LogP contribution in [0.15, 0.2) is 46.1 Å². The number of hydrogen-bond donors (Lipinski definition) is 3. The van der Waals surface area contributed by atoms with Gasteiger partial charge in [-0.2, -0.15) is 0 Å². The largest absolute Gasteiger partial charge is 0.481 e. The summed E-state index contributed by atoms with van der Waals surface area (Å²) in [7, 11) is 1.31. The number of benzene rings is 1. The Labute approximate surface area is 136 Å². The van der Waals surface area contributed by atoms with Crippen LogP contribution in [-0.2, 0) is 23.1 Å². The van der Waals surface area contributed by atoms with E-state index in [1.807, 2.05) is 0 Å². The number of carboxylic acids is 1. The highest BCUT2D eigenvalue weighted by molar-refractivity contribution is 5.79. The van der Waals surface area contributed by atoms with E-state index in [4.69, 9.17) is 5.11 Å². The SMILES string of the molecule is Cn1c(=O)[nH]cc(CC(=O)N[C@H](CC(=O)O)c2ccccc2)c1=O. The second kappa shape index (κ2) is 7.40. The summed E-state index contributed by atoms with van der Waals surface area (Å²) in [6.45, 7) is 0. The molecule has 0 aliphatic heterocycles. The average molecular weight is 331 g/mol. The van der Waals surface area contributed by atoms with Crippen LogP contribution in [0.2, 0.25) is 0 Å². The molecular formula is C16H17N3O5. The molecule has 0 aliphatic carbocycles. The van der Waals surface area contributed by atoms with E-state index in [2.05, 4.69) is 10.3 Å². The fraction of sp³-hybridized carbons (Fsp3) is 0.250. The number of H-pyrrole nitrogens is 1. The van der Waals surface area contributed by atoms with E-state index < -0.39 is 29.2 Å². The maximum atomic E-state index is 12.2. The van der Waals surface area contributed by atoms with Crippen LogP contribution in [0.4, 0.5) is 0 Å². The Morgan fingerprint density at radius 1 is 1.25 bits per heavy atom. The molecule has 0 saturated carbocycles. The number of aromatic amines is 1. The van der Waals surface area contributed by atoms with Gasteiger partial charge in [0.15, 0.2) is 0 Å². The Hall–Kier alpha value is -3.16. The van der Waals surface area contributed by atoms with E-state index in [0.29, 0.717) is 5.56 Å². The highest BCUT2D eigenvalue weighted by atomic mass is 16.4. The monoisotopic (exact) mass is 331 g/mol. The Morgan fingerprint density at radius 3 is 2.54 bits per heavy atom. The summed E-state index contributed by atoms with van der Waals surface area (Å²) in [5, 5.41) is 11.6. The topological polar surface area (TPSA) is 121 Å². The first-order valence-corrected chi connectivity index (χ1v) is 7.22. The van der Waals surface area contributed by atoms with Crippen molar-refractivity contribution < 1.29 is 14.7 Å². The van der Waals surface area contributed by atoms with Gasteiger partial charge in [-0.15, -0.1) is 0 Å². The van der Waals surface area contributed by atoms with Crippen molar-refractivity contribution in [2.45, 2.75) is 18.9 Å². The molecule has 0 unspecified atom stereocenters. The molecule has 2 aromatic rings. The lowest BCUT2D eigenvalue weighted by molar-refractivity contribution is -0.137. The maximum absolute atomic E-state index is 12.2. The van der Waals surface area contributed by atoms with E-state index >= 15 is 0 Å². The van der Waals surface area contributed by atoms with Gasteiger partial charge in [-0.05, 0) is 5.56 Å². The van der Waals surface area contributed by atoms with E-state index in [1.165, 1.54) is 13.2 Å². The number of rotatable bonds is 6. The highest BCUT2D eigenvalue weighted by Crippen LogP contribution is 2.16. The molecule has 0 saturated heterocycles. The summed E-state index contributed by atoms with van der Waals surface area (Å²) in [5.41, 5.74) is -0.361. The minimum atomic E-state index is -1.05. The van der Waals surface area contributed by atoms with Crippen molar-refractivity contribution in [1.82, 2.24) is 14.9 Å². The van der Waals surface area contributed by atoms with Crippen molar-refractivity contribution in [3.05, 3.63) is 68.5 Å². The summed E-state index contributed by atoms with van der Waals surface area (Å²) in [4.78, 5) is 48.8. The van der Waals surface area contributed by atoms with Crippen molar-refractivity contribution in [2.75, 3.05) is 0 Å². The predicted octanol–water partition coefficient (Wildman–Crippen LogP) is -0.0517. The molecule has 2 rings (SSSR count). The molecule has 1 heterocycles. The summed E-state index contributed by atoms with van der Waals surface area (Å²) in [5.74, 6) is -1.56. The first kappa shape index (κ1) is 17.2. The van der Waals surface area contributed by atoms with Crippen LogP contribution in [0, 0.1) is 0 Å². The van der Waals surface area contributed by atoms with Crippen molar-refractivity contribution in [2.24, 2.45) is 7.05 Å². The molecule has 0 spiro atoms. The quantitative estimate of drug-likeness (QED) is 0.685. The number of carboxylic acid groups (broad SMARTS) is 1. The molecule has 126 valence electrons. The fourth-order valence-electron chi connectivity index (χ4n) is 2.27.